The van der Waals surface area contributed by atoms with Gasteiger partial charge in [-0.1, -0.05) is 27.7 Å². The summed E-state index contributed by atoms with van der Waals surface area (Å²) in [6.07, 6.45) is 3.32. The fraction of sp³-hybridized carbons (Fsp3) is 0.341. The molecule has 0 radical (unpaired) electrons. The Balaban J connectivity index is 0.000000192. The number of carbonyl (C=O) groups excluding carboxylic acids is 4. The van der Waals surface area contributed by atoms with Crippen LogP contribution in [0.4, 0.5) is 0 Å². The molecule has 26 nitrogen and oxygen atoms in total. The lowest BCUT2D eigenvalue weighted by Gasteiger charge is -2.21. The third kappa shape index (κ3) is 20.5. The number of carbonyl (C=O) groups is 5. The van der Waals surface area contributed by atoms with E-state index in [0.717, 1.165) is 108 Å². The van der Waals surface area contributed by atoms with E-state index in [-0.39, 0.29) is 23.5 Å². The van der Waals surface area contributed by atoms with Crippen molar-refractivity contribution in [2.45, 2.75) is 45.7 Å². The van der Waals surface area contributed by atoms with Gasteiger partial charge in [-0.3, -0.25) is 4.98 Å². The second kappa shape index (κ2) is 43.2. The number of benzene rings is 6. The molecule has 612 valence electrons. The van der Waals surface area contributed by atoms with Crippen LogP contribution in [0.15, 0.2) is 98.8 Å². The lowest BCUT2D eigenvalue weighted by molar-refractivity contribution is 0.0594. The van der Waals surface area contributed by atoms with Crippen LogP contribution in [-0.4, -0.2) is 186 Å². The number of thiophene rings is 5. The number of aromatic carboxylic acids is 1. The predicted molar refractivity (Wildman–Crippen MR) is 453 cm³/mol. The first-order valence-electron chi connectivity index (χ1n) is 34.7. The maximum Gasteiger partial charge on any atom is 0.339 e. The molecule has 0 amide bonds. The molecule has 0 spiro atoms. The molecular weight excluding hydrogens is 1590 g/mol. The number of esters is 4. The number of nitrogens with one attached hydrogen (secondary N) is 1. The first-order chi connectivity index (χ1) is 54.8. The molecule has 6 heterocycles. The van der Waals surface area contributed by atoms with E-state index < -0.39 is 11.9 Å². The van der Waals surface area contributed by atoms with Crippen LogP contribution >= 0.6 is 69.3 Å². The Morgan fingerprint density at radius 3 is 1.25 bits per heavy atom. The number of fused-ring (bicyclic) bond motifs is 6. The fourth-order valence-electron chi connectivity index (χ4n) is 12.2. The van der Waals surface area contributed by atoms with E-state index in [1.165, 1.54) is 106 Å². The zero-order chi connectivity index (χ0) is 83.8. The Bertz CT molecular complexity index is 5310. The number of nitrogens with zero attached hydrogens (tertiary/aromatic N) is 2. The van der Waals surface area contributed by atoms with Gasteiger partial charge in [0, 0.05) is 91.8 Å². The number of rotatable bonds is 26. The molecule has 0 fully saturated rings. The number of ether oxygens (including phenoxy) is 17. The van der Waals surface area contributed by atoms with E-state index in [1.807, 2.05) is 42.5 Å². The van der Waals surface area contributed by atoms with Gasteiger partial charge in [0.1, 0.15) is 63.2 Å². The highest BCUT2D eigenvalue weighted by Crippen LogP contribution is 2.50. The monoisotopic (exact) mass is 1680 g/mol. The summed E-state index contributed by atoms with van der Waals surface area (Å²) in [6, 6.07) is 16.6. The first-order valence-corrected chi connectivity index (χ1v) is 39.5. The number of methoxy groups -OCH3 is 17. The molecule has 0 saturated heterocycles. The number of pyridine rings is 1. The van der Waals surface area contributed by atoms with Crippen LogP contribution in [0.25, 0.3) is 61.2 Å². The minimum absolute atomic E-state index is 0.214. The molecule has 0 bridgehead atoms. The minimum Gasteiger partial charge on any atom is -0.497 e. The van der Waals surface area contributed by atoms with Crippen molar-refractivity contribution in [2.24, 2.45) is 11.8 Å². The standard InChI is InChI=1S/C18H25NO4S.C17H23NO4S.C14H11NO4S.C13H14O5S.C12H12O4S.C8H10O2S/c1-11(2)8-19(3)9-12-7-14(21-4)17-15(16(12)22-5)13(10-24-17)18(20)23-6;1-10(2)7-18-8-11-6-13(20-3)16-14(15(11)21-4)12(9-23-16)17(19)22-5;1-18-11-8-5-15-4-3-7(8)12(19-2)13-10(11)9(6-20-13)14(16)17;1-15-8-5-9(16-2)12-10(11(8)17-3)7(6-19-12)13(14)18-4;1-14-8-4-5-9(15-2)11-10(8)7(6-17-11)12(13)16-3;1-9-6-3-4-7(10-2)8(11)5-6/h7,10-11H,8-9H2,1-6H3;6,9-10,18H,7-8H2,1-5H3;3-6H,1-2H3,(H,16,17);5-6H,1-4H3;4-6H,1-3H3;3-5,11H,1-2H3. The highest BCUT2D eigenvalue weighted by Gasteiger charge is 2.28. The summed E-state index contributed by atoms with van der Waals surface area (Å²) < 4.78 is 93.3. The van der Waals surface area contributed by atoms with Crippen molar-refractivity contribution in [3.63, 3.8) is 0 Å². The van der Waals surface area contributed by atoms with Crippen LogP contribution in [0.5, 0.6) is 74.7 Å². The van der Waals surface area contributed by atoms with Crippen molar-refractivity contribution < 1.29 is 110 Å². The van der Waals surface area contributed by atoms with Crippen molar-refractivity contribution in [3.05, 3.63) is 133 Å². The molecule has 2 N–H and O–H groups in total. The van der Waals surface area contributed by atoms with Gasteiger partial charge >= 0.3 is 29.8 Å². The van der Waals surface area contributed by atoms with E-state index in [2.05, 4.69) is 62.6 Å². The first kappa shape index (κ1) is 90.7. The lowest BCUT2D eigenvalue weighted by atomic mass is 10.1. The van der Waals surface area contributed by atoms with Crippen molar-refractivity contribution in [1.29, 1.82) is 0 Å². The molecule has 114 heavy (non-hydrogen) atoms. The highest BCUT2D eigenvalue weighted by atomic mass is 32.1. The smallest absolute Gasteiger partial charge is 0.339 e. The molecular formula is C82H95N3O23S6. The molecule has 12 rings (SSSR count). The summed E-state index contributed by atoms with van der Waals surface area (Å²) >= 11 is 11.3. The van der Waals surface area contributed by atoms with Gasteiger partial charge in [0.15, 0.2) is 11.5 Å². The van der Waals surface area contributed by atoms with Crippen molar-refractivity contribution in [2.75, 3.05) is 141 Å². The second-order valence-corrected chi connectivity index (χ2v) is 29.9. The Hall–Kier alpha value is -10.5. The number of hydrogen-bond donors (Lipinski definition) is 3. The third-order valence-corrected chi connectivity index (χ3v) is 22.5. The quantitative estimate of drug-likeness (QED) is 0.0258. The third-order valence-electron chi connectivity index (χ3n) is 17.2. The van der Waals surface area contributed by atoms with Gasteiger partial charge in [-0.25, -0.2) is 24.0 Å². The molecule has 0 unspecified atom stereocenters. The Morgan fingerprint density at radius 2 is 0.816 bits per heavy atom. The van der Waals surface area contributed by atoms with Crippen LogP contribution in [0, 0.1) is 11.8 Å². The van der Waals surface area contributed by atoms with E-state index in [9.17, 15) is 29.1 Å². The van der Waals surface area contributed by atoms with E-state index in [0.29, 0.717) is 104 Å². The molecule has 6 aromatic heterocycles. The van der Waals surface area contributed by atoms with Gasteiger partial charge in [0.05, 0.1) is 199 Å². The van der Waals surface area contributed by atoms with E-state index in [1.54, 1.807) is 123 Å². The van der Waals surface area contributed by atoms with Gasteiger partial charge in [-0.15, -0.1) is 69.3 Å². The lowest BCUT2D eigenvalue weighted by Crippen LogP contribution is -2.23. The molecule has 0 aliphatic rings. The summed E-state index contributed by atoms with van der Waals surface area (Å²) in [5, 5.41) is 26.4. The second-order valence-electron chi connectivity index (χ2n) is 25.0. The van der Waals surface area contributed by atoms with Crippen LogP contribution in [0.2, 0.25) is 0 Å². The average Bonchev–Trinajstić information content (AvgIpc) is 1.34. The van der Waals surface area contributed by atoms with E-state index in [4.69, 9.17) is 80.5 Å². The summed E-state index contributed by atoms with van der Waals surface area (Å²) in [6.45, 7) is 11.9. The number of carboxylic acids is 1. The molecule has 6 aromatic carbocycles. The number of thiol groups is 1. The van der Waals surface area contributed by atoms with Gasteiger partial charge in [0.25, 0.3) is 0 Å². The van der Waals surface area contributed by atoms with Crippen molar-refractivity contribution in [1.82, 2.24) is 15.2 Å². The largest absolute Gasteiger partial charge is 0.497 e. The predicted octanol–water partition coefficient (Wildman–Crippen LogP) is 17.8. The van der Waals surface area contributed by atoms with Gasteiger partial charge in [-0.2, -0.15) is 0 Å². The molecule has 32 heteroatoms. The summed E-state index contributed by atoms with van der Waals surface area (Å²) in [4.78, 5) is 66.1. The Morgan fingerprint density at radius 1 is 0.412 bits per heavy atom. The molecule has 0 aliphatic carbocycles. The maximum absolute atomic E-state index is 12.1. The van der Waals surface area contributed by atoms with Crippen LogP contribution < -0.4 is 66.9 Å². The summed E-state index contributed by atoms with van der Waals surface area (Å²) in [5.41, 5.74) is 4.13. The fourth-order valence-corrected chi connectivity index (χ4v) is 17.7. The zero-order valence-electron chi connectivity index (χ0n) is 67.5. The van der Waals surface area contributed by atoms with Crippen LogP contribution in [0.3, 0.4) is 0 Å². The SMILES string of the molecule is COC(=O)c1csc2c(OC)cc(CN(C)CC(C)C)c(OC)c12.COC(=O)c1csc2c(OC)cc(CNCC(C)C)c(OC)c12.COC(=O)c1csc2c(OC)cc(OC)c(OC)c12.COC(=O)c1csc2c(OC)ccc(OC)c12.COc1c2ccncc2c(OC)c2c(C(=O)O)csc12.COc1ccc(OC)c(S)c1. The molecule has 0 aliphatic heterocycles. The van der Waals surface area contributed by atoms with Crippen molar-refractivity contribution in [3.8, 4) is 74.7 Å². The average molecular weight is 1680 g/mol. The number of aromatic nitrogens is 1. The van der Waals surface area contributed by atoms with Gasteiger partial charge in [0.2, 0.25) is 0 Å². The number of carboxylic acid groups (broad SMARTS) is 1. The normalized spacial score (nSPS) is 10.7. The van der Waals surface area contributed by atoms with Crippen molar-refractivity contribution >= 4 is 160 Å². The summed E-state index contributed by atoms with van der Waals surface area (Å²) in [7, 11) is 28.2. The summed E-state index contributed by atoms with van der Waals surface area (Å²) in [5.74, 6) is 7.22. The van der Waals surface area contributed by atoms with E-state index >= 15 is 0 Å². The minimum atomic E-state index is -0.986. The molecule has 0 atom stereocenters. The molecule has 12 aromatic rings. The highest BCUT2D eigenvalue weighted by molar-refractivity contribution is 7.80. The zero-order valence-corrected chi connectivity index (χ0v) is 72.5. The topological polar surface area (TPSA) is 291 Å². The molecule has 0 saturated carbocycles. The Kier molecular flexibility index (Phi) is 34.3. The van der Waals surface area contributed by atoms with Crippen LogP contribution in [0.1, 0.15) is 90.6 Å². The number of hydrogen-bond acceptors (Lipinski definition) is 31. The Labute approximate surface area is 686 Å². The maximum atomic E-state index is 12.1. The van der Waals surface area contributed by atoms with Crippen LogP contribution in [-0.2, 0) is 32.0 Å². The van der Waals surface area contributed by atoms with Gasteiger partial charge < -0.3 is 95.8 Å². The van der Waals surface area contributed by atoms with Gasteiger partial charge in [-0.05, 0) is 74.0 Å².